The highest BCUT2D eigenvalue weighted by Gasteiger charge is 2.18. The van der Waals surface area contributed by atoms with Gasteiger partial charge in [-0.15, -0.1) is 0 Å². The van der Waals surface area contributed by atoms with Crippen molar-refractivity contribution in [3.8, 4) is 5.75 Å². The van der Waals surface area contributed by atoms with Crippen molar-refractivity contribution in [2.45, 2.75) is 12.5 Å². The molecule has 0 aromatic heterocycles. The van der Waals surface area contributed by atoms with Crippen LogP contribution in [0.1, 0.15) is 23.7 Å². The number of rotatable bonds is 3. The number of ether oxygens (including phenoxy) is 2. The van der Waals surface area contributed by atoms with E-state index in [2.05, 4.69) is 42.5 Å². The monoisotopic (exact) mass is 266 g/mol. The fraction of sp³-hybridized carbons (Fsp3) is 0.222. The van der Waals surface area contributed by atoms with Crippen LogP contribution in [0.15, 0.2) is 60.7 Å². The van der Waals surface area contributed by atoms with E-state index in [0.29, 0.717) is 6.61 Å². The van der Waals surface area contributed by atoms with Crippen molar-refractivity contribution >= 4 is 5.57 Å². The molecule has 1 atom stereocenters. The smallest absolute Gasteiger partial charge is 0.118 e. The first-order chi connectivity index (χ1) is 9.86. The van der Waals surface area contributed by atoms with E-state index < -0.39 is 0 Å². The van der Waals surface area contributed by atoms with Crippen LogP contribution in [0.2, 0.25) is 0 Å². The van der Waals surface area contributed by atoms with Gasteiger partial charge in [0.2, 0.25) is 0 Å². The van der Waals surface area contributed by atoms with Gasteiger partial charge in [-0.2, -0.15) is 0 Å². The summed E-state index contributed by atoms with van der Waals surface area (Å²) in [7, 11) is 1.69. The van der Waals surface area contributed by atoms with Crippen molar-refractivity contribution in [3.05, 3.63) is 71.8 Å². The second kappa shape index (κ2) is 5.93. The Balaban J connectivity index is 1.79. The highest BCUT2D eigenvalue weighted by molar-refractivity contribution is 5.67. The largest absolute Gasteiger partial charge is 0.497 e. The van der Waals surface area contributed by atoms with Gasteiger partial charge in [-0.1, -0.05) is 48.5 Å². The third kappa shape index (κ3) is 2.75. The molecule has 1 heterocycles. The Morgan fingerprint density at radius 2 is 1.75 bits per heavy atom. The van der Waals surface area contributed by atoms with E-state index in [-0.39, 0.29) is 6.10 Å². The predicted molar refractivity (Wildman–Crippen MR) is 80.7 cm³/mol. The average Bonchev–Trinajstić information content (AvgIpc) is 2.56. The predicted octanol–water partition coefficient (Wildman–Crippen LogP) is 4.24. The summed E-state index contributed by atoms with van der Waals surface area (Å²) in [6.45, 7) is 0.668. The maximum Gasteiger partial charge on any atom is 0.118 e. The quantitative estimate of drug-likeness (QED) is 0.827. The Morgan fingerprint density at radius 3 is 2.45 bits per heavy atom. The third-order valence-electron chi connectivity index (χ3n) is 3.66. The van der Waals surface area contributed by atoms with Crippen LogP contribution in [-0.4, -0.2) is 13.7 Å². The zero-order chi connectivity index (χ0) is 13.8. The lowest BCUT2D eigenvalue weighted by atomic mass is 9.94. The standard InChI is InChI=1S/C18H18O2/c1-19-17-9-7-14(8-10-17)16-11-12-20-18(13-16)15-5-3-2-4-6-15/h2-11,18H,12-13H2,1H3. The van der Waals surface area contributed by atoms with E-state index >= 15 is 0 Å². The molecule has 0 saturated carbocycles. The molecule has 2 aromatic carbocycles. The second-order valence-electron chi connectivity index (χ2n) is 4.89. The molecule has 1 aliphatic heterocycles. The van der Waals surface area contributed by atoms with Crippen LogP contribution in [0.4, 0.5) is 0 Å². The SMILES string of the molecule is COc1ccc(C2=CCOC(c3ccccc3)C2)cc1. The van der Waals surface area contributed by atoms with Crippen molar-refractivity contribution in [1.82, 2.24) is 0 Å². The summed E-state index contributed by atoms with van der Waals surface area (Å²) in [5, 5.41) is 0. The molecule has 0 bridgehead atoms. The molecule has 2 aromatic rings. The fourth-order valence-corrected chi connectivity index (χ4v) is 2.53. The summed E-state index contributed by atoms with van der Waals surface area (Å²) >= 11 is 0. The normalized spacial score (nSPS) is 18.4. The third-order valence-corrected chi connectivity index (χ3v) is 3.66. The summed E-state index contributed by atoms with van der Waals surface area (Å²) in [5.74, 6) is 0.890. The van der Waals surface area contributed by atoms with Gasteiger partial charge in [-0.3, -0.25) is 0 Å². The Labute approximate surface area is 119 Å². The maximum absolute atomic E-state index is 5.86. The van der Waals surface area contributed by atoms with E-state index in [1.54, 1.807) is 7.11 Å². The molecule has 1 aliphatic rings. The fourth-order valence-electron chi connectivity index (χ4n) is 2.53. The Kier molecular flexibility index (Phi) is 3.84. The highest BCUT2D eigenvalue weighted by atomic mass is 16.5. The summed E-state index contributed by atoms with van der Waals surface area (Å²) in [5.41, 5.74) is 3.83. The molecular formula is C18H18O2. The van der Waals surface area contributed by atoms with Gasteiger partial charge in [0, 0.05) is 6.42 Å². The molecular weight excluding hydrogens is 248 g/mol. The molecule has 0 saturated heterocycles. The van der Waals surface area contributed by atoms with Crippen LogP contribution in [0.3, 0.4) is 0 Å². The molecule has 0 aliphatic carbocycles. The van der Waals surface area contributed by atoms with Crippen LogP contribution >= 0.6 is 0 Å². The lowest BCUT2D eigenvalue weighted by Gasteiger charge is -2.24. The van der Waals surface area contributed by atoms with Crippen molar-refractivity contribution in [1.29, 1.82) is 0 Å². The van der Waals surface area contributed by atoms with E-state index in [1.807, 2.05) is 18.2 Å². The van der Waals surface area contributed by atoms with Crippen LogP contribution in [0.25, 0.3) is 5.57 Å². The maximum atomic E-state index is 5.86. The minimum absolute atomic E-state index is 0.151. The summed E-state index contributed by atoms with van der Waals surface area (Å²) < 4.78 is 11.1. The molecule has 2 heteroatoms. The number of hydrogen-bond acceptors (Lipinski definition) is 2. The first kappa shape index (κ1) is 12.9. The van der Waals surface area contributed by atoms with Crippen LogP contribution in [0.5, 0.6) is 5.75 Å². The zero-order valence-electron chi connectivity index (χ0n) is 11.6. The van der Waals surface area contributed by atoms with E-state index in [1.165, 1.54) is 16.7 Å². The molecule has 1 unspecified atom stereocenters. The van der Waals surface area contributed by atoms with Gasteiger partial charge < -0.3 is 9.47 Å². The first-order valence-corrected chi connectivity index (χ1v) is 6.87. The molecule has 0 radical (unpaired) electrons. The lowest BCUT2D eigenvalue weighted by Crippen LogP contribution is -2.10. The molecule has 0 spiro atoms. The van der Waals surface area contributed by atoms with Crippen LogP contribution in [0, 0.1) is 0 Å². The highest BCUT2D eigenvalue weighted by Crippen LogP contribution is 2.33. The van der Waals surface area contributed by atoms with Crippen molar-refractivity contribution in [2.75, 3.05) is 13.7 Å². The number of benzene rings is 2. The van der Waals surface area contributed by atoms with Crippen LogP contribution in [-0.2, 0) is 4.74 Å². The van der Waals surface area contributed by atoms with Gasteiger partial charge in [-0.05, 0) is 28.8 Å². The van der Waals surface area contributed by atoms with E-state index in [0.717, 1.165) is 12.2 Å². The van der Waals surface area contributed by atoms with E-state index in [9.17, 15) is 0 Å². The minimum Gasteiger partial charge on any atom is -0.497 e. The second-order valence-corrected chi connectivity index (χ2v) is 4.89. The average molecular weight is 266 g/mol. The van der Waals surface area contributed by atoms with Crippen molar-refractivity contribution in [3.63, 3.8) is 0 Å². The van der Waals surface area contributed by atoms with Gasteiger partial charge >= 0.3 is 0 Å². The first-order valence-electron chi connectivity index (χ1n) is 6.87. The van der Waals surface area contributed by atoms with Gasteiger partial charge in [0.1, 0.15) is 5.75 Å². The Morgan fingerprint density at radius 1 is 1.00 bits per heavy atom. The minimum atomic E-state index is 0.151. The molecule has 20 heavy (non-hydrogen) atoms. The lowest BCUT2D eigenvalue weighted by molar-refractivity contribution is 0.0708. The van der Waals surface area contributed by atoms with Crippen molar-refractivity contribution < 1.29 is 9.47 Å². The molecule has 0 amide bonds. The molecule has 0 fully saturated rings. The summed E-state index contributed by atoms with van der Waals surface area (Å²) in [6, 6.07) is 18.6. The van der Waals surface area contributed by atoms with Gasteiger partial charge in [-0.25, -0.2) is 0 Å². The Hall–Kier alpha value is -2.06. The summed E-state index contributed by atoms with van der Waals surface area (Å²) in [4.78, 5) is 0. The number of hydrogen-bond donors (Lipinski definition) is 0. The topological polar surface area (TPSA) is 18.5 Å². The Bertz CT molecular complexity index is 585. The number of methoxy groups -OCH3 is 1. The van der Waals surface area contributed by atoms with Crippen LogP contribution < -0.4 is 4.74 Å². The molecule has 2 nitrogen and oxygen atoms in total. The van der Waals surface area contributed by atoms with Gasteiger partial charge in [0.25, 0.3) is 0 Å². The summed E-state index contributed by atoms with van der Waals surface area (Å²) in [6.07, 6.45) is 3.23. The van der Waals surface area contributed by atoms with E-state index in [4.69, 9.17) is 9.47 Å². The zero-order valence-corrected chi connectivity index (χ0v) is 11.6. The van der Waals surface area contributed by atoms with Gasteiger partial charge in [0.15, 0.2) is 0 Å². The van der Waals surface area contributed by atoms with Crippen molar-refractivity contribution in [2.24, 2.45) is 0 Å². The van der Waals surface area contributed by atoms with Gasteiger partial charge in [0.05, 0.1) is 19.8 Å². The molecule has 0 N–H and O–H groups in total. The molecule has 3 rings (SSSR count). The molecule has 102 valence electrons.